The molecule has 1 aromatic rings. The fourth-order valence-electron chi connectivity index (χ4n) is 2.71. The Labute approximate surface area is 173 Å². The van der Waals surface area contributed by atoms with Crippen molar-refractivity contribution in [3.63, 3.8) is 0 Å². The van der Waals surface area contributed by atoms with Crippen molar-refractivity contribution >= 4 is 35.1 Å². The van der Waals surface area contributed by atoms with Gasteiger partial charge in [-0.1, -0.05) is 35.3 Å². The molecule has 2 N–H and O–H groups in total. The first kappa shape index (κ1) is 21.1. The van der Waals surface area contributed by atoms with Gasteiger partial charge in [0.2, 0.25) is 0 Å². The number of halogens is 2. The molecule has 5 nitrogen and oxygen atoms in total. The zero-order valence-corrected chi connectivity index (χ0v) is 17.2. The number of methoxy groups -OCH3 is 1. The first-order valence-electron chi connectivity index (χ1n) is 6.73. The number of nitrogens with one attached hydrogen (secondary N) is 1. The van der Waals surface area contributed by atoms with E-state index in [0.717, 1.165) is 0 Å². The van der Waals surface area contributed by atoms with Crippen LogP contribution in [0.1, 0.15) is 26.8 Å². The van der Waals surface area contributed by atoms with Crippen LogP contribution in [0.15, 0.2) is 40.7 Å². The van der Waals surface area contributed by atoms with Crippen LogP contribution >= 0.6 is 23.2 Å². The maximum atomic E-state index is 12.2. The molecule has 124 valence electrons. The maximum Gasteiger partial charge on any atom is 1.00 e. The third-order valence-electron chi connectivity index (χ3n) is 3.69. The average molecular weight is 380 g/mol. The van der Waals surface area contributed by atoms with Gasteiger partial charge < -0.3 is 16.6 Å². The Morgan fingerprint density at radius 3 is 2.33 bits per heavy atom. The number of hydrogen-bond donors (Lipinski definition) is 2. The zero-order chi connectivity index (χ0) is 17.3. The first-order chi connectivity index (χ1) is 10.8. The summed E-state index contributed by atoms with van der Waals surface area (Å²) in [5, 5.41) is 13.0. The van der Waals surface area contributed by atoms with E-state index in [9.17, 15) is 14.7 Å². The molecule has 0 amide bonds. The number of rotatable bonds is 3. The second-order valence-electron chi connectivity index (χ2n) is 5.08. The molecule has 0 fully saturated rings. The molecule has 1 aliphatic rings. The van der Waals surface area contributed by atoms with Crippen molar-refractivity contribution in [2.75, 3.05) is 7.11 Å². The number of carbonyl (C=O) groups excluding carboxylic acids is 1. The molecule has 2 rings (SSSR count). The second-order valence-corrected chi connectivity index (χ2v) is 5.86. The van der Waals surface area contributed by atoms with Gasteiger partial charge in [-0.2, -0.15) is 0 Å². The maximum absolute atomic E-state index is 12.2. The van der Waals surface area contributed by atoms with Crippen molar-refractivity contribution in [3.8, 4) is 0 Å². The third-order valence-corrected chi connectivity index (χ3v) is 4.52. The molecule has 0 bridgehead atoms. The fourth-order valence-corrected chi connectivity index (χ4v) is 3.13. The number of esters is 1. The summed E-state index contributed by atoms with van der Waals surface area (Å²) < 4.78 is 4.82. The number of allylic oxidation sites excluding steroid dienone is 2. The van der Waals surface area contributed by atoms with Gasteiger partial charge in [-0.25, -0.2) is 9.59 Å². The van der Waals surface area contributed by atoms with Crippen LogP contribution < -0.4 is 34.9 Å². The summed E-state index contributed by atoms with van der Waals surface area (Å²) in [6.45, 7) is 3.31. The Bertz CT molecular complexity index is 765. The smallest absolute Gasteiger partial charge is 1.00 e. The van der Waals surface area contributed by atoms with Crippen molar-refractivity contribution in [2.45, 2.75) is 19.8 Å². The fraction of sp³-hybridized carbons (Fsp3) is 0.250. The third kappa shape index (κ3) is 3.81. The molecule has 8 heteroatoms. The topological polar surface area (TPSA) is 75.6 Å². The molecule has 1 aromatic carbocycles. The summed E-state index contributed by atoms with van der Waals surface area (Å²) in [5.74, 6) is -2.64. The minimum atomic E-state index is -1.15. The van der Waals surface area contributed by atoms with Gasteiger partial charge in [-0.3, -0.25) is 0 Å². The van der Waals surface area contributed by atoms with E-state index in [1.165, 1.54) is 7.11 Å². The number of benzene rings is 1. The normalized spacial score (nSPS) is 17.1. The van der Waals surface area contributed by atoms with Crippen molar-refractivity contribution < 1.29 is 50.4 Å². The zero-order valence-electron chi connectivity index (χ0n) is 14.7. The van der Waals surface area contributed by atoms with Crippen LogP contribution in [-0.4, -0.2) is 24.2 Å². The number of carboxylic acid groups (broad SMARTS) is 1. The van der Waals surface area contributed by atoms with Crippen LogP contribution in [0.2, 0.25) is 10.0 Å². The van der Waals surface area contributed by atoms with Gasteiger partial charge in [0.1, 0.15) is 0 Å². The Morgan fingerprint density at radius 1 is 1.21 bits per heavy atom. The average Bonchev–Trinajstić information content (AvgIpc) is 2.48. The van der Waals surface area contributed by atoms with Gasteiger partial charge in [0.05, 0.1) is 34.2 Å². The molecule has 24 heavy (non-hydrogen) atoms. The van der Waals surface area contributed by atoms with Crippen LogP contribution in [-0.2, 0) is 14.3 Å². The SMILES string of the molecule is COC(=O)C1=C(C)NC(C)=C(C(=O)O)C1c1cccc(Cl)c1Cl.[H-].[Na+]. The quantitative estimate of drug-likeness (QED) is 0.594. The molecular weight excluding hydrogens is 364 g/mol. The summed E-state index contributed by atoms with van der Waals surface area (Å²) >= 11 is 12.3. The number of ether oxygens (including phenoxy) is 1. The summed E-state index contributed by atoms with van der Waals surface area (Å²) in [5.41, 5.74) is 1.61. The summed E-state index contributed by atoms with van der Waals surface area (Å²) in [6, 6.07) is 4.90. The van der Waals surface area contributed by atoms with Crippen LogP contribution in [0, 0.1) is 0 Å². The van der Waals surface area contributed by atoms with E-state index in [-0.39, 0.29) is 52.2 Å². The molecule has 0 saturated heterocycles. The Hall–Kier alpha value is -0.980. The molecule has 1 aliphatic heterocycles. The van der Waals surface area contributed by atoms with E-state index >= 15 is 0 Å². The standard InChI is InChI=1S/C16H15Cl2NO4.Na.H/c1-7-11(15(20)21)13(9-5-4-6-10(17)14(9)18)12(8(2)19-7)16(22)23-3;;/h4-6,13,19H,1-3H3,(H,20,21);;/q;+1;-1. The second kappa shape index (κ2) is 8.41. The van der Waals surface area contributed by atoms with E-state index in [0.29, 0.717) is 17.0 Å². The van der Waals surface area contributed by atoms with Crippen LogP contribution in [0.3, 0.4) is 0 Å². The monoisotopic (exact) mass is 379 g/mol. The van der Waals surface area contributed by atoms with Gasteiger partial charge in [0.25, 0.3) is 0 Å². The summed E-state index contributed by atoms with van der Waals surface area (Å²) in [6.07, 6.45) is 0. The minimum absolute atomic E-state index is 0. The molecule has 1 atom stereocenters. The molecule has 0 radical (unpaired) electrons. The Kier molecular flexibility index (Phi) is 7.38. The van der Waals surface area contributed by atoms with Crippen molar-refractivity contribution in [1.29, 1.82) is 0 Å². The van der Waals surface area contributed by atoms with Gasteiger partial charge in [-0.15, -0.1) is 0 Å². The van der Waals surface area contributed by atoms with Gasteiger partial charge >= 0.3 is 41.5 Å². The molecule has 0 aliphatic carbocycles. The van der Waals surface area contributed by atoms with Crippen LogP contribution in [0.25, 0.3) is 0 Å². The summed E-state index contributed by atoms with van der Waals surface area (Å²) in [7, 11) is 1.24. The number of carboxylic acids is 1. The van der Waals surface area contributed by atoms with E-state index < -0.39 is 17.9 Å². The number of aliphatic carboxylic acids is 1. The van der Waals surface area contributed by atoms with E-state index in [4.69, 9.17) is 27.9 Å². The summed E-state index contributed by atoms with van der Waals surface area (Å²) in [4.78, 5) is 24.0. The van der Waals surface area contributed by atoms with Crippen molar-refractivity contribution in [1.82, 2.24) is 5.32 Å². The first-order valence-corrected chi connectivity index (χ1v) is 7.49. The molecule has 0 saturated carbocycles. The molecule has 0 spiro atoms. The predicted octanol–water partition coefficient (Wildman–Crippen LogP) is 0.602. The molecule has 1 heterocycles. The van der Waals surface area contributed by atoms with E-state index in [1.54, 1.807) is 32.0 Å². The van der Waals surface area contributed by atoms with Gasteiger partial charge in [-0.05, 0) is 25.5 Å². The molecular formula is C16H16Cl2NNaO4. The Morgan fingerprint density at radius 2 is 1.79 bits per heavy atom. The molecule has 0 aromatic heterocycles. The van der Waals surface area contributed by atoms with Gasteiger partial charge in [0.15, 0.2) is 0 Å². The van der Waals surface area contributed by atoms with Crippen molar-refractivity contribution in [3.05, 3.63) is 56.3 Å². The number of carbonyl (C=O) groups is 2. The predicted molar refractivity (Wildman–Crippen MR) is 88.5 cm³/mol. The van der Waals surface area contributed by atoms with Crippen LogP contribution in [0.5, 0.6) is 0 Å². The Balaban J connectivity index is 0.00000288. The number of dihydropyridines is 1. The number of hydrogen-bond acceptors (Lipinski definition) is 4. The minimum Gasteiger partial charge on any atom is -1.00 e. The van der Waals surface area contributed by atoms with Crippen molar-refractivity contribution in [2.24, 2.45) is 0 Å². The largest absolute Gasteiger partial charge is 1.00 e. The van der Waals surface area contributed by atoms with Gasteiger partial charge in [0, 0.05) is 11.4 Å². The van der Waals surface area contributed by atoms with E-state index in [1.807, 2.05) is 0 Å². The van der Waals surface area contributed by atoms with Crippen LogP contribution in [0.4, 0.5) is 0 Å². The molecule has 1 unspecified atom stereocenters. The van der Waals surface area contributed by atoms with E-state index in [2.05, 4.69) is 5.32 Å².